The van der Waals surface area contributed by atoms with Crippen LogP contribution in [0.4, 0.5) is 29.6 Å². The highest BCUT2D eigenvalue weighted by Crippen LogP contribution is 2.39. The van der Waals surface area contributed by atoms with Crippen LogP contribution in [0.5, 0.6) is 0 Å². The molecule has 7 rings (SSSR count). The Labute approximate surface area is 309 Å². The molecule has 4 aliphatic rings. The number of pyridine rings is 1. The van der Waals surface area contributed by atoms with Crippen molar-refractivity contribution in [3.05, 3.63) is 47.8 Å². The molecule has 16 nitrogen and oxygen atoms in total. The zero-order valence-electron chi connectivity index (χ0n) is 30.3. The number of piperazine rings is 1. The van der Waals surface area contributed by atoms with E-state index in [-0.39, 0.29) is 35.6 Å². The number of anilines is 2. The van der Waals surface area contributed by atoms with Gasteiger partial charge in [0.2, 0.25) is 11.8 Å². The first-order chi connectivity index (χ1) is 25.9. The quantitative estimate of drug-likeness (QED) is 0.288. The number of nitrogens with one attached hydrogen (secondary N) is 2. The smallest absolute Gasteiger partial charge is 0.417 e. The minimum atomic E-state index is -4.80. The molecule has 3 aromatic heterocycles. The Morgan fingerprint density at radius 1 is 1.02 bits per heavy atom. The second kappa shape index (κ2) is 15.5. The normalized spacial score (nSPS) is 19.6. The summed E-state index contributed by atoms with van der Waals surface area (Å²) in [6.07, 6.45) is 0.337. The maximum Gasteiger partial charge on any atom is 0.417 e. The van der Waals surface area contributed by atoms with Gasteiger partial charge < -0.3 is 29.5 Å². The summed E-state index contributed by atoms with van der Waals surface area (Å²) in [6.45, 7) is 9.55. The van der Waals surface area contributed by atoms with E-state index in [1.165, 1.54) is 10.6 Å². The maximum absolute atomic E-state index is 14.3. The molecule has 3 aromatic rings. The fourth-order valence-electron chi connectivity index (χ4n) is 7.72. The number of morpholine rings is 1. The average molecular weight is 756 g/mol. The number of carbonyl (C=O) groups is 3. The predicted octanol–water partition coefficient (Wildman–Crippen LogP) is 1.39. The van der Waals surface area contributed by atoms with Gasteiger partial charge in [0, 0.05) is 102 Å². The molecule has 4 saturated heterocycles. The zero-order valence-corrected chi connectivity index (χ0v) is 30.3. The Bertz CT molecular complexity index is 1890. The van der Waals surface area contributed by atoms with Gasteiger partial charge in [0.25, 0.3) is 0 Å². The molecule has 4 fully saturated rings. The van der Waals surface area contributed by atoms with Gasteiger partial charge in [0.1, 0.15) is 11.3 Å². The third-order valence-electron chi connectivity index (χ3n) is 10.2. The van der Waals surface area contributed by atoms with Crippen LogP contribution in [0.25, 0.3) is 16.9 Å². The van der Waals surface area contributed by atoms with Crippen LogP contribution in [0, 0.1) is 5.41 Å². The molecule has 0 saturated carbocycles. The molecular weight excluding hydrogens is 711 g/mol. The van der Waals surface area contributed by atoms with Gasteiger partial charge in [-0.3, -0.25) is 24.7 Å². The molecule has 7 heterocycles. The Kier molecular flexibility index (Phi) is 10.7. The third-order valence-corrected chi connectivity index (χ3v) is 10.2. The van der Waals surface area contributed by atoms with E-state index < -0.39 is 17.8 Å². The van der Waals surface area contributed by atoms with Crippen molar-refractivity contribution in [2.24, 2.45) is 5.41 Å². The van der Waals surface area contributed by atoms with E-state index in [2.05, 4.69) is 52.2 Å². The summed E-state index contributed by atoms with van der Waals surface area (Å²) in [4.78, 5) is 56.0. The summed E-state index contributed by atoms with van der Waals surface area (Å²) >= 11 is 0. The number of ether oxygens (including phenoxy) is 2. The third kappa shape index (κ3) is 8.43. The topological polar surface area (TPSA) is 153 Å². The molecule has 290 valence electrons. The van der Waals surface area contributed by atoms with Gasteiger partial charge >= 0.3 is 12.3 Å². The number of hydrogen-bond donors (Lipinski definition) is 2. The highest BCUT2D eigenvalue weighted by molar-refractivity contribution is 5.91. The van der Waals surface area contributed by atoms with Crippen molar-refractivity contribution in [1.29, 1.82) is 0 Å². The van der Waals surface area contributed by atoms with Crippen LogP contribution in [0.1, 0.15) is 11.1 Å². The van der Waals surface area contributed by atoms with Crippen LogP contribution in [-0.4, -0.2) is 163 Å². The first-order valence-corrected chi connectivity index (χ1v) is 17.9. The first-order valence-electron chi connectivity index (χ1n) is 17.9. The number of nitrogens with zero attached hydrogens (tertiary/aromatic N) is 9. The van der Waals surface area contributed by atoms with Crippen molar-refractivity contribution in [2.75, 3.05) is 116 Å². The molecule has 3 amide bonds. The van der Waals surface area contributed by atoms with E-state index in [0.29, 0.717) is 75.8 Å². The number of likely N-dealkylation sites (tertiary alicyclic amines) is 2. The Hall–Kier alpha value is -4.85. The van der Waals surface area contributed by atoms with Crippen molar-refractivity contribution in [2.45, 2.75) is 12.7 Å². The SMILES string of the molecule is COC(=O)Nc1cc(C(F)(F)F)c(-c2nc(N3CCOCC3)c3cc(CN4CCN(C(=O)CNC(=O)/C=C/CN5CC6(CN(C)C6)C5)CC4)cn3n2)cn1. The van der Waals surface area contributed by atoms with Gasteiger partial charge in [-0.15, -0.1) is 5.10 Å². The minimum absolute atomic E-state index is 0.0748. The van der Waals surface area contributed by atoms with Crippen LogP contribution in [-0.2, 0) is 31.8 Å². The van der Waals surface area contributed by atoms with E-state index in [4.69, 9.17) is 4.74 Å². The second-order valence-electron chi connectivity index (χ2n) is 14.4. The maximum atomic E-state index is 14.3. The minimum Gasteiger partial charge on any atom is -0.453 e. The van der Waals surface area contributed by atoms with Gasteiger partial charge in [0.15, 0.2) is 11.6 Å². The molecule has 0 aromatic carbocycles. The Morgan fingerprint density at radius 3 is 2.44 bits per heavy atom. The Balaban J connectivity index is 0.977. The molecule has 54 heavy (non-hydrogen) atoms. The van der Waals surface area contributed by atoms with Gasteiger partial charge in [-0.25, -0.2) is 19.3 Å². The van der Waals surface area contributed by atoms with E-state index in [9.17, 15) is 27.6 Å². The van der Waals surface area contributed by atoms with E-state index in [1.807, 2.05) is 17.0 Å². The molecule has 0 aliphatic carbocycles. The molecule has 0 radical (unpaired) electrons. The average Bonchev–Trinajstić information content (AvgIpc) is 3.54. The highest BCUT2D eigenvalue weighted by atomic mass is 19.4. The van der Waals surface area contributed by atoms with Gasteiger partial charge in [-0.05, 0) is 24.7 Å². The molecule has 0 atom stereocenters. The summed E-state index contributed by atoms with van der Waals surface area (Å²) in [7, 11) is 3.22. The standard InChI is InChI=1S/C35H44F3N11O5/c1-44-20-34(21-44)22-46(23-34)5-3-4-29(50)40-17-30(51)47-8-6-45(7-9-47)18-24-14-27-32(48-10-12-54-13-11-48)42-31(43-49(27)19-24)25-16-39-28(41-33(52)53-2)15-26(25)35(36,37)38/h3-4,14-16,19H,5-13,17-18,20-23H2,1-2H3,(H,40,50)(H,39,41,52)/b4-3+. The van der Waals surface area contributed by atoms with Gasteiger partial charge in [0.05, 0.1) is 38.0 Å². The summed E-state index contributed by atoms with van der Waals surface area (Å²) in [5.74, 6) is -0.492. The van der Waals surface area contributed by atoms with Crippen LogP contribution < -0.4 is 15.5 Å². The van der Waals surface area contributed by atoms with E-state index in [0.717, 1.165) is 57.7 Å². The molecule has 0 bridgehead atoms. The summed E-state index contributed by atoms with van der Waals surface area (Å²) in [6, 6.07) is 2.65. The predicted molar refractivity (Wildman–Crippen MR) is 191 cm³/mol. The van der Waals surface area contributed by atoms with Crippen LogP contribution in [0.2, 0.25) is 0 Å². The van der Waals surface area contributed by atoms with Crippen molar-refractivity contribution in [3.8, 4) is 11.4 Å². The molecule has 0 unspecified atom stereocenters. The van der Waals surface area contributed by atoms with Crippen molar-refractivity contribution in [3.63, 3.8) is 0 Å². The van der Waals surface area contributed by atoms with Crippen molar-refractivity contribution >= 4 is 35.1 Å². The van der Waals surface area contributed by atoms with E-state index >= 15 is 0 Å². The number of carbonyl (C=O) groups excluding carboxylic acids is 3. The molecule has 4 aliphatic heterocycles. The molecule has 1 spiro atoms. The molecule has 19 heteroatoms. The number of amides is 3. The number of fused-ring (bicyclic) bond motifs is 1. The summed E-state index contributed by atoms with van der Waals surface area (Å²) < 4.78 is 54.5. The van der Waals surface area contributed by atoms with Crippen LogP contribution >= 0.6 is 0 Å². The monoisotopic (exact) mass is 755 g/mol. The van der Waals surface area contributed by atoms with Gasteiger partial charge in [-0.2, -0.15) is 13.2 Å². The van der Waals surface area contributed by atoms with Crippen molar-refractivity contribution in [1.82, 2.24) is 44.5 Å². The van der Waals surface area contributed by atoms with Crippen molar-refractivity contribution < 1.29 is 37.0 Å². The first kappa shape index (κ1) is 37.5. The number of alkyl halides is 3. The second-order valence-corrected chi connectivity index (χ2v) is 14.4. The fourth-order valence-corrected chi connectivity index (χ4v) is 7.72. The lowest BCUT2D eigenvalue weighted by Crippen LogP contribution is -2.70. The van der Waals surface area contributed by atoms with E-state index in [1.54, 1.807) is 11.1 Å². The summed E-state index contributed by atoms with van der Waals surface area (Å²) in [5, 5.41) is 9.36. The van der Waals surface area contributed by atoms with Crippen LogP contribution in [0.3, 0.4) is 0 Å². The number of halogens is 3. The van der Waals surface area contributed by atoms with Crippen LogP contribution in [0.15, 0.2) is 36.7 Å². The Morgan fingerprint density at radius 2 is 1.76 bits per heavy atom. The summed E-state index contributed by atoms with van der Waals surface area (Å²) in [5.41, 5.74) is 0.523. The zero-order chi connectivity index (χ0) is 38.0. The molecule has 2 N–H and O–H groups in total. The largest absolute Gasteiger partial charge is 0.453 e. The lowest BCUT2D eigenvalue weighted by Gasteiger charge is -2.59. The highest BCUT2D eigenvalue weighted by Gasteiger charge is 2.49. The number of hydrogen-bond acceptors (Lipinski definition) is 12. The lowest BCUT2D eigenvalue weighted by molar-refractivity contribution is -0.137. The fraction of sp³-hybridized carbons (Fsp3) is 0.543. The molecular formula is C35H44F3N11O5. The lowest BCUT2D eigenvalue weighted by atomic mass is 9.73. The number of methoxy groups -OCH3 is 1. The number of rotatable bonds is 10. The number of aromatic nitrogens is 4. The van der Waals surface area contributed by atoms with Gasteiger partial charge in [-0.1, -0.05) is 6.08 Å².